The van der Waals surface area contributed by atoms with Crippen LogP contribution in [0.5, 0.6) is 11.5 Å². The highest BCUT2D eigenvalue weighted by atomic mass is 32.2. The largest absolute Gasteiger partial charge is 0.497 e. The van der Waals surface area contributed by atoms with Crippen LogP contribution in [0.25, 0.3) is 0 Å². The first kappa shape index (κ1) is 18.7. The lowest BCUT2D eigenvalue weighted by molar-refractivity contribution is 0.0936. The molecule has 0 aromatic heterocycles. The third kappa shape index (κ3) is 4.68. The van der Waals surface area contributed by atoms with Crippen LogP contribution in [0.15, 0.2) is 47.4 Å². The first-order valence-electron chi connectivity index (χ1n) is 7.72. The van der Waals surface area contributed by atoms with E-state index in [2.05, 4.69) is 11.4 Å². The van der Waals surface area contributed by atoms with Gasteiger partial charge in [-0.25, -0.2) is 0 Å². The first-order valence-corrected chi connectivity index (χ1v) is 8.70. The number of carbonyl (C=O) groups excluding carboxylic acids is 1. The fourth-order valence-electron chi connectivity index (χ4n) is 2.42. The molecule has 25 heavy (non-hydrogen) atoms. The zero-order valence-electron chi connectivity index (χ0n) is 14.4. The molecular weight excluding hydrogens is 336 g/mol. The summed E-state index contributed by atoms with van der Waals surface area (Å²) in [6, 6.07) is 14.5. The monoisotopic (exact) mass is 356 g/mol. The second kappa shape index (κ2) is 9.00. The van der Waals surface area contributed by atoms with Gasteiger partial charge < -0.3 is 14.8 Å². The van der Waals surface area contributed by atoms with Crippen LogP contribution in [-0.2, 0) is 0 Å². The maximum absolute atomic E-state index is 12.7. The van der Waals surface area contributed by atoms with Crippen molar-refractivity contribution < 1.29 is 14.3 Å². The van der Waals surface area contributed by atoms with Crippen molar-refractivity contribution >= 4 is 17.7 Å². The van der Waals surface area contributed by atoms with Crippen LogP contribution in [0.2, 0.25) is 0 Å². The highest BCUT2D eigenvalue weighted by Gasteiger charge is 2.18. The Morgan fingerprint density at radius 3 is 2.68 bits per heavy atom. The SMILES string of the molecule is COc1ccc(OC)c(C(C)NC(=O)c2ccccc2SCC#N)c1. The van der Waals surface area contributed by atoms with E-state index in [9.17, 15) is 4.79 Å². The summed E-state index contributed by atoms with van der Waals surface area (Å²) < 4.78 is 10.6. The lowest BCUT2D eigenvalue weighted by atomic mass is 10.1. The van der Waals surface area contributed by atoms with E-state index >= 15 is 0 Å². The second-order valence-corrected chi connectivity index (χ2v) is 6.26. The van der Waals surface area contributed by atoms with Crippen molar-refractivity contribution in [3.05, 3.63) is 53.6 Å². The average molecular weight is 356 g/mol. The highest BCUT2D eigenvalue weighted by Crippen LogP contribution is 2.30. The van der Waals surface area contributed by atoms with Crippen LogP contribution < -0.4 is 14.8 Å². The van der Waals surface area contributed by atoms with Crippen LogP contribution in [0.4, 0.5) is 0 Å². The second-order valence-electron chi connectivity index (χ2n) is 5.25. The van der Waals surface area contributed by atoms with E-state index in [1.807, 2.05) is 43.3 Å². The molecule has 0 bridgehead atoms. The van der Waals surface area contributed by atoms with E-state index in [1.165, 1.54) is 11.8 Å². The minimum Gasteiger partial charge on any atom is -0.497 e. The Balaban J connectivity index is 2.22. The van der Waals surface area contributed by atoms with Crippen molar-refractivity contribution in [2.75, 3.05) is 20.0 Å². The van der Waals surface area contributed by atoms with Crippen molar-refractivity contribution in [1.82, 2.24) is 5.32 Å². The topological polar surface area (TPSA) is 71.3 Å². The van der Waals surface area contributed by atoms with Crippen molar-refractivity contribution in [2.45, 2.75) is 17.9 Å². The molecule has 0 saturated heterocycles. The van der Waals surface area contributed by atoms with Crippen LogP contribution in [-0.4, -0.2) is 25.9 Å². The molecule has 0 saturated carbocycles. The molecule has 0 spiro atoms. The number of benzene rings is 2. The number of thioether (sulfide) groups is 1. The number of amides is 1. The maximum Gasteiger partial charge on any atom is 0.252 e. The van der Waals surface area contributed by atoms with Crippen molar-refractivity contribution in [2.24, 2.45) is 0 Å². The number of carbonyl (C=O) groups is 1. The van der Waals surface area contributed by atoms with Gasteiger partial charge in [0.2, 0.25) is 0 Å². The van der Waals surface area contributed by atoms with Crippen molar-refractivity contribution in [1.29, 1.82) is 5.26 Å². The Hall–Kier alpha value is -2.65. The smallest absolute Gasteiger partial charge is 0.252 e. The Kier molecular flexibility index (Phi) is 6.72. The minimum absolute atomic E-state index is 0.196. The quantitative estimate of drug-likeness (QED) is 0.764. The molecule has 2 rings (SSSR count). The van der Waals surface area contributed by atoms with Gasteiger partial charge >= 0.3 is 0 Å². The Morgan fingerprint density at radius 2 is 2.00 bits per heavy atom. The summed E-state index contributed by atoms with van der Waals surface area (Å²) in [6.45, 7) is 1.89. The molecule has 6 heteroatoms. The average Bonchev–Trinajstić information content (AvgIpc) is 2.65. The number of rotatable bonds is 7. The van der Waals surface area contributed by atoms with Crippen LogP contribution in [0.3, 0.4) is 0 Å². The molecule has 0 aliphatic rings. The normalized spacial score (nSPS) is 11.3. The Morgan fingerprint density at radius 1 is 1.24 bits per heavy atom. The van der Waals surface area contributed by atoms with E-state index in [4.69, 9.17) is 14.7 Å². The molecule has 1 amide bonds. The highest BCUT2D eigenvalue weighted by molar-refractivity contribution is 7.99. The number of hydrogen-bond donors (Lipinski definition) is 1. The van der Waals surface area contributed by atoms with Crippen LogP contribution in [0, 0.1) is 11.3 Å². The number of nitrogens with one attached hydrogen (secondary N) is 1. The van der Waals surface area contributed by atoms with Gasteiger partial charge in [0.1, 0.15) is 11.5 Å². The van der Waals surface area contributed by atoms with Gasteiger partial charge in [-0.05, 0) is 37.3 Å². The fraction of sp³-hybridized carbons (Fsp3) is 0.263. The minimum atomic E-state index is -0.272. The van der Waals surface area contributed by atoms with E-state index < -0.39 is 0 Å². The van der Waals surface area contributed by atoms with Crippen LogP contribution in [0.1, 0.15) is 28.9 Å². The van der Waals surface area contributed by atoms with Crippen molar-refractivity contribution in [3.63, 3.8) is 0 Å². The maximum atomic E-state index is 12.7. The molecule has 0 radical (unpaired) electrons. The van der Waals surface area contributed by atoms with Crippen molar-refractivity contribution in [3.8, 4) is 17.6 Å². The summed E-state index contributed by atoms with van der Waals surface area (Å²) in [6.07, 6.45) is 0. The number of nitrogens with zero attached hydrogens (tertiary/aromatic N) is 1. The van der Waals surface area contributed by atoms with Gasteiger partial charge in [0, 0.05) is 10.5 Å². The molecule has 0 aliphatic heterocycles. The van der Waals surface area contributed by atoms with E-state index in [0.29, 0.717) is 22.8 Å². The zero-order valence-corrected chi connectivity index (χ0v) is 15.2. The lowest BCUT2D eigenvalue weighted by Crippen LogP contribution is -2.27. The fourth-order valence-corrected chi connectivity index (χ4v) is 3.13. The van der Waals surface area contributed by atoms with E-state index in [-0.39, 0.29) is 11.9 Å². The molecule has 2 aromatic rings. The summed E-state index contributed by atoms with van der Waals surface area (Å²) in [4.78, 5) is 13.5. The molecule has 1 unspecified atom stereocenters. The third-order valence-corrected chi connectivity index (χ3v) is 4.62. The van der Waals surface area contributed by atoms with Crippen LogP contribution >= 0.6 is 11.8 Å². The summed E-state index contributed by atoms with van der Waals surface area (Å²) in [5.41, 5.74) is 1.38. The summed E-state index contributed by atoms with van der Waals surface area (Å²) >= 11 is 1.35. The number of ether oxygens (including phenoxy) is 2. The van der Waals surface area contributed by atoms with E-state index in [1.54, 1.807) is 20.3 Å². The lowest BCUT2D eigenvalue weighted by Gasteiger charge is -2.19. The Labute approximate surface area is 151 Å². The van der Waals surface area contributed by atoms with Gasteiger partial charge in [-0.1, -0.05) is 12.1 Å². The third-order valence-electron chi connectivity index (χ3n) is 3.67. The molecule has 1 N–H and O–H groups in total. The van der Waals surface area contributed by atoms with Gasteiger partial charge in [0.05, 0.1) is 37.6 Å². The first-order chi connectivity index (χ1) is 12.1. The molecule has 1 atom stereocenters. The Bertz CT molecular complexity index is 786. The molecule has 2 aromatic carbocycles. The van der Waals surface area contributed by atoms with Gasteiger partial charge in [-0.3, -0.25) is 4.79 Å². The number of methoxy groups -OCH3 is 2. The van der Waals surface area contributed by atoms with Gasteiger partial charge in [-0.15, -0.1) is 11.8 Å². The number of hydrogen-bond acceptors (Lipinski definition) is 5. The predicted molar refractivity (Wildman–Crippen MR) is 98.2 cm³/mol. The summed E-state index contributed by atoms with van der Waals surface area (Å²) in [5.74, 6) is 1.48. The van der Waals surface area contributed by atoms with Gasteiger partial charge in [0.15, 0.2) is 0 Å². The molecule has 0 fully saturated rings. The molecule has 5 nitrogen and oxygen atoms in total. The predicted octanol–water partition coefficient (Wildman–Crippen LogP) is 3.81. The zero-order chi connectivity index (χ0) is 18.2. The molecular formula is C19H20N2O3S. The molecule has 0 aliphatic carbocycles. The summed E-state index contributed by atoms with van der Waals surface area (Å²) in [7, 11) is 3.19. The standard InChI is InChI=1S/C19H20N2O3S/c1-13(16-12-14(23-2)8-9-17(16)24-3)21-19(22)15-6-4-5-7-18(15)25-11-10-20/h4-9,12-13H,11H2,1-3H3,(H,21,22). The molecule has 130 valence electrons. The van der Waals surface area contributed by atoms with E-state index in [0.717, 1.165) is 10.5 Å². The van der Waals surface area contributed by atoms with Gasteiger partial charge in [-0.2, -0.15) is 5.26 Å². The van der Waals surface area contributed by atoms with Gasteiger partial charge in [0.25, 0.3) is 5.91 Å². The number of nitriles is 1. The molecule has 0 heterocycles. The summed E-state index contributed by atoms with van der Waals surface area (Å²) in [5, 5.41) is 11.7.